The number of esters is 1. The number of Topliss-reactive ketones (excluding diaryl/α,β-unsaturated/α-hetero) is 1. The topological polar surface area (TPSA) is 59.5 Å². The number of fused-ring (bicyclic) bond motifs is 1. The summed E-state index contributed by atoms with van der Waals surface area (Å²) in [5.74, 6) is 0.0896. The summed E-state index contributed by atoms with van der Waals surface area (Å²) in [5, 5.41) is 0.803. The number of piperidine rings is 1. The number of thiazole rings is 1. The fourth-order valence-corrected chi connectivity index (χ4v) is 4.63. The SMILES string of the molecule is COC(=O)c1nc(N2CCCC3CCCC32)sc1C(C)=O. The largest absolute Gasteiger partial charge is 0.464 e. The van der Waals surface area contributed by atoms with E-state index in [0.29, 0.717) is 10.9 Å². The first-order valence-electron chi connectivity index (χ1n) is 7.48. The first kappa shape index (κ1) is 14.5. The number of ether oxygens (including phenoxy) is 1. The predicted octanol–water partition coefficient (Wildman–Crippen LogP) is 2.90. The average Bonchev–Trinajstić information content (AvgIpc) is 3.12. The van der Waals surface area contributed by atoms with Crippen molar-refractivity contribution in [1.82, 2.24) is 4.98 Å². The highest BCUT2D eigenvalue weighted by molar-refractivity contribution is 7.17. The first-order valence-corrected chi connectivity index (χ1v) is 8.30. The van der Waals surface area contributed by atoms with Crippen LogP contribution < -0.4 is 4.90 Å². The van der Waals surface area contributed by atoms with Gasteiger partial charge < -0.3 is 9.64 Å². The summed E-state index contributed by atoms with van der Waals surface area (Å²) >= 11 is 1.33. The second-order valence-electron chi connectivity index (χ2n) is 5.82. The van der Waals surface area contributed by atoms with E-state index in [2.05, 4.69) is 9.88 Å². The molecule has 2 unspecified atom stereocenters. The second-order valence-corrected chi connectivity index (χ2v) is 6.79. The molecule has 2 fully saturated rings. The second kappa shape index (κ2) is 5.75. The number of hydrogen-bond donors (Lipinski definition) is 0. The van der Waals surface area contributed by atoms with Crippen LogP contribution in [-0.4, -0.2) is 36.4 Å². The van der Waals surface area contributed by atoms with Gasteiger partial charge >= 0.3 is 5.97 Å². The third-order valence-electron chi connectivity index (χ3n) is 4.55. The van der Waals surface area contributed by atoms with Crippen LogP contribution >= 0.6 is 11.3 Å². The smallest absolute Gasteiger partial charge is 0.358 e. The van der Waals surface area contributed by atoms with Crippen molar-refractivity contribution >= 4 is 28.2 Å². The van der Waals surface area contributed by atoms with Crippen molar-refractivity contribution in [2.45, 2.75) is 45.1 Å². The highest BCUT2D eigenvalue weighted by Crippen LogP contribution is 2.40. The van der Waals surface area contributed by atoms with Crippen molar-refractivity contribution in [3.63, 3.8) is 0 Å². The molecule has 114 valence electrons. The molecule has 5 nitrogen and oxygen atoms in total. The van der Waals surface area contributed by atoms with E-state index in [4.69, 9.17) is 4.74 Å². The summed E-state index contributed by atoms with van der Waals surface area (Å²) in [6, 6.07) is 0.523. The molecule has 1 saturated carbocycles. The Balaban J connectivity index is 1.94. The Morgan fingerprint density at radius 3 is 2.76 bits per heavy atom. The van der Waals surface area contributed by atoms with Gasteiger partial charge in [0.15, 0.2) is 16.6 Å². The maximum absolute atomic E-state index is 11.8. The monoisotopic (exact) mass is 308 g/mol. The van der Waals surface area contributed by atoms with Gasteiger partial charge in [-0.2, -0.15) is 0 Å². The highest BCUT2D eigenvalue weighted by Gasteiger charge is 2.37. The minimum atomic E-state index is -0.525. The van der Waals surface area contributed by atoms with Crippen molar-refractivity contribution < 1.29 is 14.3 Å². The Morgan fingerprint density at radius 2 is 2.05 bits per heavy atom. The van der Waals surface area contributed by atoms with Gasteiger partial charge in [-0.05, 0) is 31.6 Å². The van der Waals surface area contributed by atoms with Gasteiger partial charge in [0, 0.05) is 19.5 Å². The third-order valence-corrected chi connectivity index (χ3v) is 5.75. The van der Waals surface area contributed by atoms with Gasteiger partial charge in [-0.3, -0.25) is 4.79 Å². The molecule has 2 atom stereocenters. The van der Waals surface area contributed by atoms with Crippen molar-refractivity contribution in [1.29, 1.82) is 0 Å². The molecule has 0 amide bonds. The van der Waals surface area contributed by atoms with Crippen LogP contribution in [0, 0.1) is 5.92 Å². The predicted molar refractivity (Wildman–Crippen MR) is 81.2 cm³/mol. The first-order chi connectivity index (χ1) is 10.1. The molecule has 1 saturated heterocycles. The molecule has 0 radical (unpaired) electrons. The summed E-state index contributed by atoms with van der Waals surface area (Å²) in [5.41, 5.74) is 0.171. The molecule has 0 aromatic carbocycles. The fraction of sp³-hybridized carbons (Fsp3) is 0.667. The van der Waals surface area contributed by atoms with Crippen LogP contribution in [0.1, 0.15) is 59.2 Å². The van der Waals surface area contributed by atoms with Gasteiger partial charge in [0.05, 0.1) is 7.11 Å². The van der Waals surface area contributed by atoms with E-state index in [-0.39, 0.29) is 11.5 Å². The fourth-order valence-electron chi connectivity index (χ4n) is 3.60. The normalized spacial score (nSPS) is 24.8. The quantitative estimate of drug-likeness (QED) is 0.635. The van der Waals surface area contributed by atoms with Crippen molar-refractivity contribution in [2.75, 3.05) is 18.6 Å². The molecule has 1 aromatic heterocycles. The number of aromatic nitrogens is 1. The number of rotatable bonds is 3. The molecule has 1 aliphatic carbocycles. The summed E-state index contributed by atoms with van der Waals surface area (Å²) < 4.78 is 4.75. The minimum Gasteiger partial charge on any atom is -0.464 e. The van der Waals surface area contributed by atoms with Gasteiger partial charge in [0.25, 0.3) is 0 Å². The van der Waals surface area contributed by atoms with Gasteiger partial charge in [-0.25, -0.2) is 9.78 Å². The summed E-state index contributed by atoms with van der Waals surface area (Å²) in [6.07, 6.45) is 6.18. The van der Waals surface area contributed by atoms with E-state index in [0.717, 1.165) is 24.0 Å². The van der Waals surface area contributed by atoms with E-state index >= 15 is 0 Å². The van der Waals surface area contributed by atoms with E-state index in [9.17, 15) is 9.59 Å². The lowest BCUT2D eigenvalue weighted by Gasteiger charge is -2.37. The van der Waals surface area contributed by atoms with Crippen molar-refractivity contribution in [2.24, 2.45) is 5.92 Å². The van der Waals surface area contributed by atoms with E-state index in [1.54, 1.807) is 0 Å². The number of carbonyl (C=O) groups excluding carboxylic acids is 2. The lowest BCUT2D eigenvalue weighted by atomic mass is 9.92. The lowest BCUT2D eigenvalue weighted by Crippen LogP contribution is -2.42. The molecule has 2 heterocycles. The molecule has 0 spiro atoms. The summed E-state index contributed by atoms with van der Waals surface area (Å²) in [4.78, 5) is 30.7. The molecule has 0 bridgehead atoms. The average molecular weight is 308 g/mol. The zero-order chi connectivity index (χ0) is 15.0. The van der Waals surface area contributed by atoms with E-state index in [1.807, 2.05) is 0 Å². The van der Waals surface area contributed by atoms with Crippen LogP contribution in [0.15, 0.2) is 0 Å². The molecule has 3 rings (SSSR count). The number of nitrogens with zero attached hydrogens (tertiary/aromatic N) is 2. The molecule has 2 aliphatic rings. The number of hydrogen-bond acceptors (Lipinski definition) is 6. The minimum absolute atomic E-state index is 0.126. The molecular formula is C15H20N2O3S. The maximum Gasteiger partial charge on any atom is 0.358 e. The number of anilines is 1. The molecule has 21 heavy (non-hydrogen) atoms. The molecule has 6 heteroatoms. The third kappa shape index (κ3) is 2.57. The van der Waals surface area contributed by atoms with Gasteiger partial charge in [-0.15, -0.1) is 0 Å². The van der Waals surface area contributed by atoms with E-state index < -0.39 is 5.97 Å². The lowest BCUT2D eigenvalue weighted by molar-refractivity contribution is 0.0591. The highest BCUT2D eigenvalue weighted by atomic mass is 32.1. The van der Waals surface area contributed by atoms with Gasteiger partial charge in [0.1, 0.15) is 4.88 Å². The number of carbonyl (C=O) groups is 2. The van der Waals surface area contributed by atoms with Gasteiger partial charge in [0.2, 0.25) is 0 Å². The molecule has 1 aliphatic heterocycles. The van der Waals surface area contributed by atoms with Crippen LogP contribution in [0.25, 0.3) is 0 Å². The van der Waals surface area contributed by atoms with Crippen LogP contribution in [0.4, 0.5) is 5.13 Å². The molecule has 0 N–H and O–H groups in total. The Morgan fingerprint density at radius 1 is 1.29 bits per heavy atom. The van der Waals surface area contributed by atoms with E-state index in [1.165, 1.54) is 51.1 Å². The molecule has 1 aromatic rings. The van der Waals surface area contributed by atoms with Crippen molar-refractivity contribution in [3.05, 3.63) is 10.6 Å². The van der Waals surface area contributed by atoms with Gasteiger partial charge in [-0.1, -0.05) is 17.8 Å². The zero-order valence-electron chi connectivity index (χ0n) is 12.4. The van der Waals surface area contributed by atoms with Crippen LogP contribution in [0.5, 0.6) is 0 Å². The summed E-state index contributed by atoms with van der Waals surface area (Å²) in [7, 11) is 1.32. The molecular weight excluding hydrogens is 288 g/mol. The Labute approximate surface area is 128 Å². The summed E-state index contributed by atoms with van der Waals surface area (Å²) in [6.45, 7) is 2.44. The Kier molecular flexibility index (Phi) is 3.97. The Bertz CT molecular complexity index is 569. The standard InChI is InChI=1S/C15H20N2O3S/c1-9(18)13-12(14(19)20-2)16-15(21-13)17-8-4-6-10-5-3-7-11(10)17/h10-11H,3-8H2,1-2H3. The Hall–Kier alpha value is -1.43. The van der Waals surface area contributed by atoms with Crippen LogP contribution in [0.3, 0.4) is 0 Å². The zero-order valence-corrected chi connectivity index (χ0v) is 13.2. The maximum atomic E-state index is 11.8. The van der Waals surface area contributed by atoms with Crippen LogP contribution in [-0.2, 0) is 4.74 Å². The number of methoxy groups -OCH3 is 1. The van der Waals surface area contributed by atoms with Crippen LogP contribution in [0.2, 0.25) is 0 Å². The van der Waals surface area contributed by atoms with Crippen molar-refractivity contribution in [3.8, 4) is 0 Å². The number of ketones is 1.